The molecule has 0 aliphatic heterocycles. The first-order valence-electron chi connectivity index (χ1n) is 7.05. The second-order valence-corrected chi connectivity index (χ2v) is 4.82. The van der Waals surface area contributed by atoms with Gasteiger partial charge >= 0.3 is 5.97 Å². The molecule has 0 unspecified atom stereocenters. The molecule has 2 aromatic carbocycles. The van der Waals surface area contributed by atoms with Crippen LogP contribution in [0, 0.1) is 5.82 Å². The fourth-order valence-corrected chi connectivity index (χ4v) is 1.98. The smallest absolute Gasteiger partial charge is 0.337 e. The lowest BCUT2D eigenvalue weighted by molar-refractivity contribution is 0.0600. The van der Waals surface area contributed by atoms with Gasteiger partial charge in [0, 0.05) is 5.56 Å². The van der Waals surface area contributed by atoms with Crippen LogP contribution < -0.4 is 4.74 Å². The lowest BCUT2D eigenvalue weighted by atomic mass is 10.2. The summed E-state index contributed by atoms with van der Waals surface area (Å²) in [6.45, 7) is 0.0752. The highest BCUT2D eigenvalue weighted by molar-refractivity contribution is 5.89. The van der Waals surface area contributed by atoms with E-state index in [-0.39, 0.29) is 18.3 Å². The van der Waals surface area contributed by atoms with Crippen molar-refractivity contribution in [3.05, 3.63) is 65.8 Å². The van der Waals surface area contributed by atoms with E-state index in [9.17, 15) is 9.18 Å². The summed E-state index contributed by atoms with van der Waals surface area (Å²) in [5.41, 5.74) is 1.08. The Morgan fingerprint density at radius 1 is 1.12 bits per heavy atom. The predicted octanol–water partition coefficient (Wildman–Crippen LogP) is 3.24. The Morgan fingerprint density at radius 3 is 2.50 bits per heavy atom. The van der Waals surface area contributed by atoms with Gasteiger partial charge in [-0.25, -0.2) is 9.18 Å². The molecule has 6 nitrogen and oxygen atoms in total. The summed E-state index contributed by atoms with van der Waals surface area (Å²) in [7, 11) is 1.32. The molecule has 0 bridgehead atoms. The third-order valence-corrected chi connectivity index (χ3v) is 3.21. The maximum atomic E-state index is 12.9. The molecule has 7 heteroatoms. The predicted molar refractivity (Wildman–Crippen MR) is 81.8 cm³/mol. The Hall–Kier alpha value is -3.22. The van der Waals surface area contributed by atoms with E-state index < -0.39 is 5.97 Å². The second-order valence-electron chi connectivity index (χ2n) is 4.82. The van der Waals surface area contributed by atoms with Crippen LogP contribution in [0.3, 0.4) is 0 Å². The maximum Gasteiger partial charge on any atom is 0.337 e. The Balaban J connectivity index is 1.63. The van der Waals surface area contributed by atoms with Crippen LogP contribution in [0.15, 0.2) is 53.1 Å². The largest absolute Gasteiger partial charge is 0.484 e. The molecule has 0 fully saturated rings. The van der Waals surface area contributed by atoms with Gasteiger partial charge in [0.15, 0.2) is 6.61 Å². The summed E-state index contributed by atoms with van der Waals surface area (Å²) < 4.78 is 28.1. The van der Waals surface area contributed by atoms with E-state index >= 15 is 0 Å². The van der Waals surface area contributed by atoms with Gasteiger partial charge < -0.3 is 14.0 Å². The van der Waals surface area contributed by atoms with Gasteiger partial charge in [-0.15, -0.1) is 0 Å². The average molecular weight is 328 g/mol. The van der Waals surface area contributed by atoms with Crippen molar-refractivity contribution in [2.75, 3.05) is 7.11 Å². The molecule has 1 aromatic heterocycles. The summed E-state index contributed by atoms with van der Waals surface area (Å²) in [6, 6.07) is 12.3. The van der Waals surface area contributed by atoms with E-state index in [1.165, 1.54) is 19.2 Å². The second kappa shape index (κ2) is 6.91. The van der Waals surface area contributed by atoms with Crippen LogP contribution in [0.2, 0.25) is 0 Å². The van der Waals surface area contributed by atoms with Crippen LogP contribution in [-0.2, 0) is 11.3 Å². The molecule has 0 N–H and O–H groups in total. The van der Waals surface area contributed by atoms with Crippen LogP contribution in [0.1, 0.15) is 16.2 Å². The van der Waals surface area contributed by atoms with Gasteiger partial charge in [0.2, 0.25) is 5.82 Å². The van der Waals surface area contributed by atoms with Crippen LogP contribution in [0.5, 0.6) is 5.75 Å². The molecule has 24 heavy (non-hydrogen) atoms. The number of carbonyl (C=O) groups is 1. The molecule has 0 aliphatic carbocycles. The zero-order valence-electron chi connectivity index (χ0n) is 12.7. The lowest BCUT2D eigenvalue weighted by Crippen LogP contribution is -2.01. The van der Waals surface area contributed by atoms with E-state index in [1.54, 1.807) is 36.4 Å². The number of nitrogens with zero attached hydrogens (tertiary/aromatic N) is 2. The Morgan fingerprint density at radius 2 is 1.83 bits per heavy atom. The highest BCUT2D eigenvalue weighted by Gasteiger charge is 2.10. The molecule has 0 saturated heterocycles. The number of benzene rings is 2. The molecule has 0 atom stereocenters. The molecule has 0 saturated carbocycles. The number of methoxy groups -OCH3 is 1. The van der Waals surface area contributed by atoms with Gasteiger partial charge in [-0.1, -0.05) is 5.16 Å². The minimum atomic E-state index is -0.414. The van der Waals surface area contributed by atoms with E-state index in [4.69, 9.17) is 9.26 Å². The topological polar surface area (TPSA) is 74.5 Å². The van der Waals surface area contributed by atoms with Crippen molar-refractivity contribution >= 4 is 5.97 Å². The average Bonchev–Trinajstić information content (AvgIpc) is 3.09. The fourth-order valence-electron chi connectivity index (χ4n) is 1.98. The zero-order valence-corrected chi connectivity index (χ0v) is 12.7. The molecule has 1 heterocycles. The molecule has 0 radical (unpaired) electrons. The molecule has 3 rings (SSSR count). The van der Waals surface area contributed by atoms with Gasteiger partial charge in [-0.05, 0) is 48.5 Å². The molecule has 0 aliphatic rings. The van der Waals surface area contributed by atoms with Gasteiger partial charge in [0.05, 0.1) is 12.7 Å². The van der Waals surface area contributed by atoms with Crippen molar-refractivity contribution in [1.82, 2.24) is 10.1 Å². The summed E-state index contributed by atoms with van der Waals surface area (Å²) >= 11 is 0. The number of ether oxygens (including phenoxy) is 2. The molecular weight excluding hydrogens is 315 g/mol. The van der Waals surface area contributed by atoms with E-state index in [1.807, 2.05) is 0 Å². The van der Waals surface area contributed by atoms with Crippen LogP contribution in [0.25, 0.3) is 11.4 Å². The molecular formula is C17H13FN2O4. The number of hydrogen-bond donors (Lipinski definition) is 0. The van der Waals surface area contributed by atoms with Crippen LogP contribution in [-0.4, -0.2) is 23.2 Å². The monoisotopic (exact) mass is 328 g/mol. The Kier molecular flexibility index (Phi) is 4.51. The quantitative estimate of drug-likeness (QED) is 0.669. The van der Waals surface area contributed by atoms with Crippen molar-refractivity contribution in [3.8, 4) is 17.1 Å². The van der Waals surface area contributed by atoms with Gasteiger partial charge in [-0.3, -0.25) is 0 Å². The minimum Gasteiger partial charge on any atom is -0.484 e. The van der Waals surface area contributed by atoms with Crippen molar-refractivity contribution < 1.29 is 23.2 Å². The number of carbonyl (C=O) groups excluding carboxylic acids is 1. The fraction of sp³-hybridized carbons (Fsp3) is 0.118. The number of halogens is 1. The maximum absolute atomic E-state index is 12.9. The zero-order chi connectivity index (χ0) is 16.9. The first kappa shape index (κ1) is 15.7. The summed E-state index contributed by atoms with van der Waals surface area (Å²) in [4.78, 5) is 15.5. The van der Waals surface area contributed by atoms with Crippen molar-refractivity contribution in [3.63, 3.8) is 0 Å². The first-order valence-corrected chi connectivity index (χ1v) is 7.05. The standard InChI is InChI=1S/C17H13FN2O4/c1-22-17(21)12-4-8-14(9-5-12)23-10-15-19-16(20-24-15)11-2-6-13(18)7-3-11/h2-9H,10H2,1H3. The molecule has 122 valence electrons. The molecule has 3 aromatic rings. The first-order chi connectivity index (χ1) is 11.7. The lowest BCUT2D eigenvalue weighted by Gasteiger charge is -2.04. The van der Waals surface area contributed by atoms with Crippen LogP contribution >= 0.6 is 0 Å². The third-order valence-electron chi connectivity index (χ3n) is 3.21. The molecule has 0 amide bonds. The van der Waals surface area contributed by atoms with Crippen molar-refractivity contribution in [2.45, 2.75) is 6.61 Å². The number of rotatable bonds is 5. The summed E-state index contributed by atoms with van der Waals surface area (Å²) in [6.07, 6.45) is 0. The Labute approximate surface area is 136 Å². The van der Waals surface area contributed by atoms with E-state index in [2.05, 4.69) is 14.9 Å². The van der Waals surface area contributed by atoms with Crippen molar-refractivity contribution in [1.29, 1.82) is 0 Å². The van der Waals surface area contributed by atoms with E-state index in [0.717, 1.165) is 0 Å². The number of hydrogen-bond acceptors (Lipinski definition) is 6. The van der Waals surface area contributed by atoms with Crippen molar-refractivity contribution in [2.24, 2.45) is 0 Å². The van der Waals surface area contributed by atoms with Crippen LogP contribution in [0.4, 0.5) is 4.39 Å². The minimum absolute atomic E-state index is 0.0752. The highest BCUT2D eigenvalue weighted by Crippen LogP contribution is 2.18. The summed E-state index contributed by atoms with van der Waals surface area (Å²) in [5, 5.41) is 3.83. The molecule has 0 spiro atoms. The number of aromatic nitrogens is 2. The summed E-state index contributed by atoms with van der Waals surface area (Å²) in [5.74, 6) is 0.439. The third kappa shape index (κ3) is 3.57. The Bertz CT molecular complexity index is 829. The van der Waals surface area contributed by atoms with E-state index in [0.29, 0.717) is 22.7 Å². The SMILES string of the molecule is COC(=O)c1ccc(OCc2nc(-c3ccc(F)cc3)no2)cc1. The normalized spacial score (nSPS) is 10.4. The number of esters is 1. The van der Waals surface area contributed by atoms with Gasteiger partial charge in [0.25, 0.3) is 5.89 Å². The van der Waals surface area contributed by atoms with Gasteiger partial charge in [-0.2, -0.15) is 4.98 Å². The highest BCUT2D eigenvalue weighted by atomic mass is 19.1. The van der Waals surface area contributed by atoms with Gasteiger partial charge in [0.1, 0.15) is 11.6 Å².